The van der Waals surface area contributed by atoms with Gasteiger partial charge in [-0.25, -0.2) is 17.5 Å². The Bertz CT molecular complexity index is 503. The molecule has 0 saturated carbocycles. The van der Waals surface area contributed by atoms with Crippen molar-refractivity contribution in [3.8, 4) is 0 Å². The molecule has 1 aromatic rings. The Morgan fingerprint density at radius 1 is 1.32 bits per heavy atom. The van der Waals surface area contributed by atoms with E-state index in [1.807, 2.05) is 0 Å². The monoisotopic (exact) mass is 351 g/mol. The summed E-state index contributed by atoms with van der Waals surface area (Å²) in [7, 11) is -3.65. The van der Waals surface area contributed by atoms with Crippen LogP contribution in [0.4, 0.5) is 4.39 Å². The van der Waals surface area contributed by atoms with E-state index >= 15 is 0 Å². The first kappa shape index (κ1) is 16.6. The van der Waals surface area contributed by atoms with E-state index in [1.54, 1.807) is 0 Å². The Labute approximate surface area is 122 Å². The first-order valence-corrected chi connectivity index (χ1v) is 8.69. The van der Waals surface area contributed by atoms with Gasteiger partial charge in [-0.2, -0.15) is 0 Å². The van der Waals surface area contributed by atoms with E-state index in [4.69, 9.17) is 0 Å². The van der Waals surface area contributed by atoms with Crippen LogP contribution >= 0.6 is 15.9 Å². The fourth-order valence-electron chi connectivity index (χ4n) is 1.87. The minimum Gasteiger partial charge on any atom is -0.210 e. The molecule has 0 radical (unpaired) electrons. The van der Waals surface area contributed by atoms with Crippen LogP contribution in [-0.2, 0) is 10.0 Å². The van der Waals surface area contributed by atoms with Gasteiger partial charge in [0, 0.05) is 11.4 Å². The van der Waals surface area contributed by atoms with E-state index in [0.29, 0.717) is 12.5 Å². The van der Waals surface area contributed by atoms with E-state index in [0.717, 1.165) is 18.9 Å². The van der Waals surface area contributed by atoms with Gasteiger partial charge in [0.15, 0.2) is 0 Å². The lowest BCUT2D eigenvalue weighted by molar-refractivity contribution is 0.471. The van der Waals surface area contributed by atoms with Crippen LogP contribution in [0, 0.1) is 11.7 Å². The fraction of sp³-hybridized carbons (Fsp3) is 0.538. The summed E-state index contributed by atoms with van der Waals surface area (Å²) < 4.78 is 39.5. The third-order valence-electron chi connectivity index (χ3n) is 3.14. The quantitative estimate of drug-likeness (QED) is 0.766. The van der Waals surface area contributed by atoms with Gasteiger partial charge in [0.05, 0.1) is 4.90 Å². The summed E-state index contributed by atoms with van der Waals surface area (Å²) >= 11 is 3.50. The van der Waals surface area contributed by atoms with Gasteiger partial charge in [0.25, 0.3) is 0 Å². The van der Waals surface area contributed by atoms with Gasteiger partial charge >= 0.3 is 0 Å². The number of nitrogens with one attached hydrogen (secondary N) is 1. The molecule has 0 saturated heterocycles. The second-order valence-corrected chi connectivity index (χ2v) is 7.34. The lowest BCUT2D eigenvalue weighted by atomic mass is 10.00. The van der Waals surface area contributed by atoms with Crippen molar-refractivity contribution in [3.63, 3.8) is 0 Å². The molecule has 0 fully saturated rings. The molecule has 0 aromatic heterocycles. The van der Waals surface area contributed by atoms with Gasteiger partial charge in [0.1, 0.15) is 5.82 Å². The predicted octanol–water partition coefficient (Wildman–Crippen LogP) is 3.30. The summed E-state index contributed by atoms with van der Waals surface area (Å²) in [6, 6.07) is 5.00. The molecule has 0 spiro atoms. The standard InChI is InChI=1S/C13H19BrFNO2S/c1-3-10(4-2)13(14)9-16-19(17,18)12-7-5-6-11(15)8-12/h5-8,10,13,16H,3-4,9H2,1-2H3. The summed E-state index contributed by atoms with van der Waals surface area (Å²) in [5.41, 5.74) is 0. The molecule has 0 aliphatic rings. The summed E-state index contributed by atoms with van der Waals surface area (Å²) in [5, 5.41) is 0. The summed E-state index contributed by atoms with van der Waals surface area (Å²) in [4.78, 5) is 0.0302. The summed E-state index contributed by atoms with van der Waals surface area (Å²) in [5.74, 6) is -0.145. The Morgan fingerprint density at radius 3 is 2.47 bits per heavy atom. The van der Waals surface area contributed by atoms with Crippen molar-refractivity contribution >= 4 is 26.0 Å². The van der Waals surface area contributed by atoms with Crippen molar-refractivity contribution in [2.45, 2.75) is 36.4 Å². The Hall–Kier alpha value is -0.460. The highest BCUT2D eigenvalue weighted by Crippen LogP contribution is 2.20. The third-order valence-corrected chi connectivity index (χ3v) is 5.63. The van der Waals surface area contributed by atoms with Crippen LogP contribution in [0.25, 0.3) is 0 Å². The van der Waals surface area contributed by atoms with Gasteiger partial charge in [0.2, 0.25) is 10.0 Å². The second-order valence-electron chi connectivity index (χ2n) is 4.40. The van der Waals surface area contributed by atoms with E-state index in [1.165, 1.54) is 18.2 Å². The average molecular weight is 352 g/mol. The third kappa shape index (κ3) is 4.85. The molecule has 0 amide bonds. The van der Waals surface area contributed by atoms with E-state index < -0.39 is 15.8 Å². The number of alkyl halides is 1. The second kappa shape index (κ2) is 7.36. The van der Waals surface area contributed by atoms with Gasteiger partial charge in [-0.1, -0.05) is 48.7 Å². The predicted molar refractivity (Wildman–Crippen MR) is 78.4 cm³/mol. The van der Waals surface area contributed by atoms with Crippen LogP contribution in [-0.4, -0.2) is 19.8 Å². The molecular weight excluding hydrogens is 333 g/mol. The van der Waals surface area contributed by atoms with Crippen molar-refractivity contribution in [2.24, 2.45) is 5.92 Å². The Morgan fingerprint density at radius 2 is 1.95 bits per heavy atom. The van der Waals surface area contributed by atoms with Crippen molar-refractivity contribution in [2.75, 3.05) is 6.54 Å². The van der Waals surface area contributed by atoms with Crippen LogP contribution in [0.3, 0.4) is 0 Å². The van der Waals surface area contributed by atoms with Gasteiger partial charge in [-0.15, -0.1) is 0 Å². The number of sulfonamides is 1. The number of hydrogen-bond acceptors (Lipinski definition) is 2. The van der Waals surface area contributed by atoms with Crippen LogP contribution in [0.5, 0.6) is 0 Å². The van der Waals surface area contributed by atoms with Gasteiger partial charge in [-0.05, 0) is 24.1 Å². The molecule has 1 atom stereocenters. The molecule has 1 rings (SSSR count). The van der Waals surface area contributed by atoms with Crippen molar-refractivity contribution < 1.29 is 12.8 Å². The smallest absolute Gasteiger partial charge is 0.210 e. The molecular formula is C13H19BrFNO2S. The van der Waals surface area contributed by atoms with Crippen LogP contribution in [0.2, 0.25) is 0 Å². The van der Waals surface area contributed by atoms with Crippen LogP contribution in [0.1, 0.15) is 26.7 Å². The van der Waals surface area contributed by atoms with Crippen LogP contribution < -0.4 is 4.72 Å². The molecule has 1 aromatic carbocycles. The molecule has 6 heteroatoms. The highest BCUT2D eigenvalue weighted by atomic mass is 79.9. The first-order valence-electron chi connectivity index (χ1n) is 6.30. The molecule has 1 unspecified atom stereocenters. The number of halogens is 2. The topological polar surface area (TPSA) is 46.2 Å². The summed E-state index contributed by atoms with van der Waals surface area (Å²) in [6.45, 7) is 4.44. The lowest BCUT2D eigenvalue weighted by Crippen LogP contribution is -2.33. The van der Waals surface area contributed by atoms with Crippen molar-refractivity contribution in [3.05, 3.63) is 30.1 Å². The molecule has 0 bridgehead atoms. The minimum atomic E-state index is -3.65. The molecule has 0 heterocycles. The zero-order valence-electron chi connectivity index (χ0n) is 11.1. The highest BCUT2D eigenvalue weighted by Gasteiger charge is 2.20. The Kier molecular flexibility index (Phi) is 6.42. The largest absolute Gasteiger partial charge is 0.240 e. The maximum Gasteiger partial charge on any atom is 0.240 e. The number of rotatable bonds is 7. The SMILES string of the molecule is CCC(CC)C(Br)CNS(=O)(=O)c1cccc(F)c1. The van der Waals surface area contributed by atoms with E-state index in [-0.39, 0.29) is 9.72 Å². The Balaban J connectivity index is 2.71. The van der Waals surface area contributed by atoms with Gasteiger partial charge in [-0.3, -0.25) is 0 Å². The maximum absolute atomic E-state index is 13.0. The lowest BCUT2D eigenvalue weighted by Gasteiger charge is -2.19. The zero-order chi connectivity index (χ0) is 14.5. The number of hydrogen-bond donors (Lipinski definition) is 1. The average Bonchev–Trinajstić information content (AvgIpc) is 2.38. The molecule has 3 nitrogen and oxygen atoms in total. The van der Waals surface area contributed by atoms with Gasteiger partial charge < -0.3 is 0 Å². The molecule has 1 N–H and O–H groups in total. The maximum atomic E-state index is 13.0. The first-order chi connectivity index (χ1) is 8.90. The zero-order valence-corrected chi connectivity index (χ0v) is 13.5. The molecule has 0 aliphatic heterocycles. The van der Waals surface area contributed by atoms with Crippen LogP contribution in [0.15, 0.2) is 29.2 Å². The normalized spacial score (nSPS) is 13.7. The molecule has 0 aliphatic carbocycles. The molecule has 108 valence electrons. The number of benzene rings is 1. The van der Waals surface area contributed by atoms with E-state index in [9.17, 15) is 12.8 Å². The van der Waals surface area contributed by atoms with Crippen molar-refractivity contribution in [1.82, 2.24) is 4.72 Å². The fourth-order valence-corrected chi connectivity index (χ4v) is 4.09. The summed E-state index contributed by atoms with van der Waals surface area (Å²) in [6.07, 6.45) is 1.96. The molecule has 19 heavy (non-hydrogen) atoms. The van der Waals surface area contributed by atoms with Crippen molar-refractivity contribution in [1.29, 1.82) is 0 Å². The van der Waals surface area contributed by atoms with E-state index in [2.05, 4.69) is 34.5 Å². The minimum absolute atomic E-state index is 0.0447. The highest BCUT2D eigenvalue weighted by molar-refractivity contribution is 9.09.